The Hall–Kier alpha value is -2.45. The number of aromatic nitrogens is 3. The van der Waals surface area contributed by atoms with Gasteiger partial charge in [0.1, 0.15) is 0 Å². The van der Waals surface area contributed by atoms with E-state index in [0.29, 0.717) is 16.4 Å². The molecule has 1 N–H and O–H groups in total. The van der Waals surface area contributed by atoms with Crippen molar-refractivity contribution in [2.75, 3.05) is 10.7 Å². The average Bonchev–Trinajstić information content (AvgIpc) is 3.24. The van der Waals surface area contributed by atoms with Crippen LogP contribution in [0.4, 0.5) is 5.69 Å². The highest BCUT2D eigenvalue weighted by Gasteiger charge is 2.44. The van der Waals surface area contributed by atoms with Crippen molar-refractivity contribution in [2.24, 2.45) is 0 Å². The Labute approximate surface area is 177 Å². The number of anilines is 1. The number of hydrogen-bond donors (Lipinski definition) is 1. The second-order valence-corrected chi connectivity index (χ2v) is 8.81. The third kappa shape index (κ3) is 3.74. The molecule has 0 saturated carbocycles. The zero-order chi connectivity index (χ0) is 20.4. The topological polar surface area (TPSA) is 69.9 Å². The van der Waals surface area contributed by atoms with Gasteiger partial charge in [0.15, 0.2) is 0 Å². The minimum Gasteiger partial charge on any atom is -0.291 e. The Balaban J connectivity index is 1.88. The lowest BCUT2D eigenvalue weighted by Gasteiger charge is -2.30. The summed E-state index contributed by atoms with van der Waals surface area (Å²) in [5.74, 6) is 0.803. The molecule has 0 aliphatic carbocycles. The molecule has 0 unspecified atom stereocenters. The summed E-state index contributed by atoms with van der Waals surface area (Å²) in [6.07, 6.45) is 2.89. The number of fused-ring (bicyclic) bond motifs is 3. The summed E-state index contributed by atoms with van der Waals surface area (Å²) in [7, 11) is 0. The molecule has 2 aromatic heterocycles. The molecular formula is C21H23N4O2S2+. The van der Waals surface area contributed by atoms with Crippen LogP contribution in [0.2, 0.25) is 0 Å². The van der Waals surface area contributed by atoms with Crippen LogP contribution in [0.5, 0.6) is 0 Å². The summed E-state index contributed by atoms with van der Waals surface area (Å²) in [6, 6.07) is 9.49. The molecular weight excluding hydrogens is 404 g/mol. The molecule has 1 aliphatic rings. The summed E-state index contributed by atoms with van der Waals surface area (Å²) in [5.41, 5.74) is 2.67. The first-order valence-electron chi connectivity index (χ1n) is 9.72. The number of carbonyl (C=O) groups is 1. The fraction of sp³-hybridized carbons (Fsp3) is 0.333. The Kier molecular flexibility index (Phi) is 5.82. The predicted octanol–water partition coefficient (Wildman–Crippen LogP) is 3.98. The zero-order valence-corrected chi connectivity index (χ0v) is 18.1. The van der Waals surface area contributed by atoms with E-state index >= 15 is 0 Å². The van der Waals surface area contributed by atoms with E-state index < -0.39 is 6.17 Å². The number of thioether (sulfide) groups is 1. The summed E-state index contributed by atoms with van der Waals surface area (Å²) in [4.78, 5) is 30.4. The van der Waals surface area contributed by atoms with Crippen LogP contribution < -0.4 is 15.1 Å². The molecule has 3 heterocycles. The molecule has 0 spiro atoms. The highest BCUT2D eigenvalue weighted by atomic mass is 32.2. The SMILES string of the molecule is CCCCCSc1n[n+]2c(c(=O)[nH]1)-c1ccccc1N(C(C)=O)[C@H]2c1ccsc1. The summed E-state index contributed by atoms with van der Waals surface area (Å²) >= 11 is 3.11. The first-order valence-corrected chi connectivity index (χ1v) is 11.6. The number of amides is 1. The van der Waals surface area contributed by atoms with Gasteiger partial charge in [0.05, 0.1) is 16.8 Å². The van der Waals surface area contributed by atoms with Gasteiger partial charge in [-0.25, -0.2) is 4.90 Å². The average molecular weight is 428 g/mol. The third-order valence-electron chi connectivity index (χ3n) is 4.93. The van der Waals surface area contributed by atoms with Crippen molar-refractivity contribution >= 4 is 34.7 Å². The standard InChI is InChI=1S/C21H22N4O2S2/c1-3-4-7-11-29-21-22-19(27)18-16-8-5-6-9-17(16)24(14(2)26)20(25(18)23-21)15-10-12-28-13-15/h5-6,8-10,12-13,20H,3-4,7,11H2,1-2H3/p+1/t20-/m1/s1. The van der Waals surface area contributed by atoms with Gasteiger partial charge in [-0.3, -0.25) is 14.6 Å². The number of thiophene rings is 1. The van der Waals surface area contributed by atoms with Gasteiger partial charge in [-0.05, 0) is 34.7 Å². The van der Waals surface area contributed by atoms with Gasteiger partial charge in [-0.15, -0.1) is 0 Å². The number of hydrogen-bond acceptors (Lipinski definition) is 5. The molecule has 0 radical (unpaired) electrons. The van der Waals surface area contributed by atoms with Crippen LogP contribution in [-0.4, -0.2) is 21.7 Å². The van der Waals surface area contributed by atoms with E-state index in [-0.39, 0.29) is 11.5 Å². The Morgan fingerprint density at radius 1 is 1.31 bits per heavy atom. The molecule has 4 rings (SSSR count). The number of aromatic amines is 1. The van der Waals surface area contributed by atoms with Gasteiger partial charge in [0.25, 0.3) is 6.17 Å². The van der Waals surface area contributed by atoms with Crippen molar-refractivity contribution in [3.05, 3.63) is 57.0 Å². The van der Waals surface area contributed by atoms with Crippen LogP contribution in [0.3, 0.4) is 0 Å². The van der Waals surface area contributed by atoms with Crippen molar-refractivity contribution in [1.82, 2.24) is 10.1 Å². The third-order valence-corrected chi connectivity index (χ3v) is 6.58. The number of para-hydroxylation sites is 1. The molecule has 0 bridgehead atoms. The van der Waals surface area contributed by atoms with E-state index in [9.17, 15) is 9.59 Å². The summed E-state index contributed by atoms with van der Waals surface area (Å²) < 4.78 is 1.72. The van der Waals surface area contributed by atoms with Gasteiger partial charge < -0.3 is 0 Å². The molecule has 0 fully saturated rings. The molecule has 6 nitrogen and oxygen atoms in total. The summed E-state index contributed by atoms with van der Waals surface area (Å²) in [6.45, 7) is 3.72. The van der Waals surface area contributed by atoms with Crippen molar-refractivity contribution in [2.45, 2.75) is 44.4 Å². The summed E-state index contributed by atoms with van der Waals surface area (Å²) in [5, 5.41) is 9.33. The van der Waals surface area contributed by atoms with Crippen molar-refractivity contribution in [3.8, 4) is 11.3 Å². The first-order chi connectivity index (χ1) is 14.1. The highest BCUT2D eigenvalue weighted by Crippen LogP contribution is 2.37. The van der Waals surface area contributed by atoms with Crippen molar-refractivity contribution in [3.63, 3.8) is 0 Å². The second-order valence-electron chi connectivity index (χ2n) is 6.94. The van der Waals surface area contributed by atoms with E-state index in [1.54, 1.807) is 39.6 Å². The van der Waals surface area contributed by atoms with Crippen LogP contribution in [0.15, 0.2) is 51.0 Å². The van der Waals surface area contributed by atoms with Crippen molar-refractivity contribution in [1.29, 1.82) is 0 Å². The smallest absolute Gasteiger partial charge is 0.291 e. The Morgan fingerprint density at radius 2 is 2.14 bits per heavy atom. The molecule has 1 aromatic carbocycles. The van der Waals surface area contributed by atoms with E-state index in [2.05, 4.69) is 11.9 Å². The molecule has 1 amide bonds. The number of benzene rings is 1. The maximum absolute atomic E-state index is 13.1. The number of nitrogens with zero attached hydrogens (tertiary/aromatic N) is 3. The lowest BCUT2D eigenvalue weighted by Crippen LogP contribution is -2.60. The number of rotatable bonds is 6. The highest BCUT2D eigenvalue weighted by molar-refractivity contribution is 7.99. The first kappa shape index (κ1) is 19.8. The largest absolute Gasteiger partial charge is 0.325 e. The lowest BCUT2D eigenvalue weighted by molar-refractivity contribution is -0.763. The number of unbranched alkanes of at least 4 members (excludes halogenated alkanes) is 2. The van der Waals surface area contributed by atoms with Crippen LogP contribution >= 0.6 is 23.1 Å². The minimum absolute atomic E-state index is 0.0916. The Bertz CT molecular complexity index is 1080. The van der Waals surface area contributed by atoms with Gasteiger partial charge in [0, 0.05) is 23.2 Å². The van der Waals surface area contributed by atoms with E-state index in [1.165, 1.54) is 0 Å². The predicted molar refractivity (Wildman–Crippen MR) is 116 cm³/mol. The molecule has 150 valence electrons. The maximum Gasteiger partial charge on any atom is 0.325 e. The van der Waals surface area contributed by atoms with E-state index in [0.717, 1.165) is 36.3 Å². The number of carbonyl (C=O) groups excluding carboxylic acids is 1. The van der Waals surface area contributed by atoms with E-state index in [4.69, 9.17) is 5.10 Å². The van der Waals surface area contributed by atoms with Crippen LogP contribution in [0.25, 0.3) is 11.3 Å². The molecule has 0 saturated heterocycles. The number of nitrogens with one attached hydrogen (secondary N) is 1. The Morgan fingerprint density at radius 3 is 2.86 bits per heavy atom. The molecule has 29 heavy (non-hydrogen) atoms. The lowest BCUT2D eigenvalue weighted by atomic mass is 10.0. The van der Waals surface area contributed by atoms with Crippen molar-refractivity contribution < 1.29 is 9.48 Å². The van der Waals surface area contributed by atoms with E-state index in [1.807, 2.05) is 41.1 Å². The molecule has 3 aromatic rings. The van der Waals surface area contributed by atoms with Gasteiger partial charge in [-0.1, -0.05) is 43.7 Å². The fourth-order valence-electron chi connectivity index (χ4n) is 3.62. The molecule has 8 heteroatoms. The molecule has 1 atom stereocenters. The molecule has 1 aliphatic heterocycles. The maximum atomic E-state index is 13.1. The van der Waals surface area contributed by atoms with Crippen LogP contribution in [0, 0.1) is 0 Å². The van der Waals surface area contributed by atoms with Crippen LogP contribution in [-0.2, 0) is 4.79 Å². The fourth-order valence-corrected chi connectivity index (χ4v) is 5.14. The second kappa shape index (κ2) is 8.51. The monoisotopic (exact) mass is 427 g/mol. The van der Waals surface area contributed by atoms with Crippen LogP contribution in [0.1, 0.15) is 44.8 Å². The van der Waals surface area contributed by atoms with Gasteiger partial charge >= 0.3 is 11.3 Å². The van der Waals surface area contributed by atoms with Gasteiger partial charge in [-0.2, -0.15) is 11.3 Å². The minimum atomic E-state index is -0.485. The van der Waals surface area contributed by atoms with Gasteiger partial charge in [0.2, 0.25) is 11.1 Å². The normalized spacial score (nSPS) is 15.1. The number of H-pyrrole nitrogens is 1. The zero-order valence-electron chi connectivity index (χ0n) is 16.4. The quantitative estimate of drug-likeness (QED) is 0.367.